The van der Waals surface area contributed by atoms with Gasteiger partial charge in [-0.3, -0.25) is 4.68 Å². The third-order valence-corrected chi connectivity index (χ3v) is 2.45. The standard InChI is InChI=1S/C8H11N5S/c1-3-6-7(4-13(2)12-6)10-8-11-9-5-14-8/h4-5H,3H2,1-2H3,(H,10,11). The molecule has 2 aromatic rings. The Bertz CT molecular complexity index is 405. The number of anilines is 2. The van der Waals surface area contributed by atoms with Crippen molar-refractivity contribution in [3.05, 3.63) is 17.4 Å². The molecule has 0 saturated heterocycles. The highest BCUT2D eigenvalue weighted by Crippen LogP contribution is 2.20. The zero-order chi connectivity index (χ0) is 9.97. The van der Waals surface area contributed by atoms with E-state index < -0.39 is 0 Å². The second-order valence-corrected chi connectivity index (χ2v) is 3.72. The average molecular weight is 209 g/mol. The lowest BCUT2D eigenvalue weighted by atomic mass is 10.3. The number of aromatic nitrogens is 4. The van der Waals surface area contributed by atoms with Crippen molar-refractivity contribution in [1.82, 2.24) is 20.0 Å². The summed E-state index contributed by atoms with van der Waals surface area (Å²) >= 11 is 1.48. The molecule has 0 bridgehead atoms. The van der Waals surface area contributed by atoms with Gasteiger partial charge in [-0.1, -0.05) is 18.3 Å². The summed E-state index contributed by atoms with van der Waals surface area (Å²) in [4.78, 5) is 0. The van der Waals surface area contributed by atoms with E-state index in [-0.39, 0.29) is 0 Å². The Kier molecular flexibility index (Phi) is 2.45. The zero-order valence-corrected chi connectivity index (χ0v) is 8.88. The first-order chi connectivity index (χ1) is 6.79. The van der Waals surface area contributed by atoms with Crippen LogP contribution in [0.25, 0.3) is 0 Å². The van der Waals surface area contributed by atoms with Gasteiger partial charge in [0.2, 0.25) is 5.13 Å². The fourth-order valence-corrected chi connectivity index (χ4v) is 1.70. The van der Waals surface area contributed by atoms with Crippen LogP contribution in [-0.4, -0.2) is 20.0 Å². The number of hydrogen-bond donors (Lipinski definition) is 1. The molecule has 0 radical (unpaired) electrons. The van der Waals surface area contributed by atoms with Crippen molar-refractivity contribution in [1.29, 1.82) is 0 Å². The van der Waals surface area contributed by atoms with Crippen LogP contribution in [-0.2, 0) is 13.5 Å². The summed E-state index contributed by atoms with van der Waals surface area (Å²) in [5.41, 5.74) is 3.75. The third kappa shape index (κ3) is 1.74. The first kappa shape index (κ1) is 9.14. The van der Waals surface area contributed by atoms with Crippen molar-refractivity contribution in [2.24, 2.45) is 7.05 Å². The quantitative estimate of drug-likeness (QED) is 0.833. The number of nitrogens with one attached hydrogen (secondary N) is 1. The van der Waals surface area contributed by atoms with E-state index in [2.05, 4.69) is 27.5 Å². The van der Waals surface area contributed by atoms with E-state index in [4.69, 9.17) is 0 Å². The molecule has 6 heteroatoms. The number of rotatable bonds is 3. The first-order valence-corrected chi connectivity index (χ1v) is 5.23. The number of nitrogens with zero attached hydrogens (tertiary/aromatic N) is 4. The summed E-state index contributed by atoms with van der Waals surface area (Å²) < 4.78 is 1.79. The smallest absolute Gasteiger partial charge is 0.209 e. The summed E-state index contributed by atoms with van der Waals surface area (Å²) in [6.45, 7) is 2.08. The van der Waals surface area contributed by atoms with Gasteiger partial charge in [0.15, 0.2) is 0 Å². The van der Waals surface area contributed by atoms with E-state index in [0.29, 0.717) is 0 Å². The van der Waals surface area contributed by atoms with E-state index in [0.717, 1.165) is 22.9 Å². The molecular weight excluding hydrogens is 198 g/mol. The molecule has 0 atom stereocenters. The molecule has 2 heterocycles. The fourth-order valence-electron chi connectivity index (χ4n) is 1.24. The van der Waals surface area contributed by atoms with Crippen LogP contribution >= 0.6 is 11.3 Å². The normalized spacial score (nSPS) is 10.4. The van der Waals surface area contributed by atoms with Crippen molar-refractivity contribution < 1.29 is 0 Å². The topological polar surface area (TPSA) is 55.6 Å². The van der Waals surface area contributed by atoms with E-state index in [1.165, 1.54) is 11.3 Å². The predicted molar refractivity (Wildman–Crippen MR) is 55.8 cm³/mol. The largest absolute Gasteiger partial charge is 0.327 e. The second kappa shape index (κ2) is 3.75. The Morgan fingerprint density at radius 1 is 1.57 bits per heavy atom. The Morgan fingerprint density at radius 2 is 2.43 bits per heavy atom. The highest BCUT2D eigenvalue weighted by atomic mass is 32.1. The van der Waals surface area contributed by atoms with E-state index in [1.807, 2.05) is 13.2 Å². The maximum Gasteiger partial charge on any atom is 0.209 e. The number of hydrogen-bond acceptors (Lipinski definition) is 5. The van der Waals surface area contributed by atoms with E-state index in [9.17, 15) is 0 Å². The molecule has 0 unspecified atom stereocenters. The Balaban J connectivity index is 2.23. The summed E-state index contributed by atoms with van der Waals surface area (Å²) in [5.74, 6) is 0. The summed E-state index contributed by atoms with van der Waals surface area (Å²) in [6.07, 6.45) is 2.85. The molecular formula is C8H11N5S. The molecule has 0 saturated carbocycles. The fraction of sp³-hybridized carbons (Fsp3) is 0.375. The zero-order valence-electron chi connectivity index (χ0n) is 8.06. The Morgan fingerprint density at radius 3 is 3.07 bits per heavy atom. The van der Waals surface area contributed by atoms with Crippen LogP contribution in [0.4, 0.5) is 10.8 Å². The maximum atomic E-state index is 4.32. The molecule has 0 aliphatic carbocycles. The minimum absolute atomic E-state index is 0.799. The van der Waals surface area contributed by atoms with Gasteiger partial charge in [-0.25, -0.2) is 0 Å². The Labute approximate surface area is 85.8 Å². The summed E-state index contributed by atoms with van der Waals surface area (Å²) in [7, 11) is 1.91. The van der Waals surface area contributed by atoms with Crippen molar-refractivity contribution >= 4 is 22.2 Å². The molecule has 14 heavy (non-hydrogen) atoms. The second-order valence-electron chi connectivity index (χ2n) is 2.89. The van der Waals surface area contributed by atoms with Gasteiger partial charge in [0, 0.05) is 13.2 Å². The lowest BCUT2D eigenvalue weighted by molar-refractivity contribution is 0.746. The minimum Gasteiger partial charge on any atom is -0.327 e. The molecule has 0 aliphatic rings. The van der Waals surface area contributed by atoms with Gasteiger partial charge in [-0.05, 0) is 6.42 Å². The molecule has 0 aromatic carbocycles. The molecule has 0 fully saturated rings. The van der Waals surface area contributed by atoms with Gasteiger partial charge in [-0.2, -0.15) is 5.10 Å². The highest BCUT2D eigenvalue weighted by Gasteiger charge is 2.06. The van der Waals surface area contributed by atoms with Crippen LogP contribution in [0.15, 0.2) is 11.7 Å². The van der Waals surface area contributed by atoms with Crippen LogP contribution in [0.1, 0.15) is 12.6 Å². The SMILES string of the molecule is CCc1nn(C)cc1Nc1nncs1. The van der Waals surface area contributed by atoms with Crippen LogP contribution in [0, 0.1) is 0 Å². The lowest BCUT2D eigenvalue weighted by Gasteiger charge is -1.98. The van der Waals surface area contributed by atoms with Gasteiger partial charge in [-0.15, -0.1) is 10.2 Å². The molecule has 5 nitrogen and oxygen atoms in total. The van der Waals surface area contributed by atoms with Gasteiger partial charge >= 0.3 is 0 Å². The van der Waals surface area contributed by atoms with Crippen molar-refractivity contribution in [3.63, 3.8) is 0 Å². The molecule has 2 rings (SSSR count). The molecule has 0 spiro atoms. The molecule has 1 N–H and O–H groups in total. The van der Waals surface area contributed by atoms with Crippen molar-refractivity contribution in [2.45, 2.75) is 13.3 Å². The van der Waals surface area contributed by atoms with Crippen molar-refractivity contribution in [2.75, 3.05) is 5.32 Å². The van der Waals surface area contributed by atoms with Crippen molar-refractivity contribution in [3.8, 4) is 0 Å². The molecule has 0 amide bonds. The van der Waals surface area contributed by atoms with Gasteiger partial charge in [0.05, 0.1) is 11.4 Å². The number of aryl methyl sites for hydroxylation is 2. The highest BCUT2D eigenvalue weighted by molar-refractivity contribution is 7.13. The van der Waals surface area contributed by atoms with Crippen LogP contribution in [0.2, 0.25) is 0 Å². The molecule has 0 aliphatic heterocycles. The maximum absolute atomic E-state index is 4.32. The first-order valence-electron chi connectivity index (χ1n) is 4.35. The third-order valence-electron chi connectivity index (χ3n) is 1.84. The van der Waals surface area contributed by atoms with Gasteiger partial charge in [0.25, 0.3) is 0 Å². The summed E-state index contributed by atoms with van der Waals surface area (Å²) in [5, 5.41) is 16.0. The predicted octanol–water partition coefficient (Wildman–Crippen LogP) is 1.58. The monoisotopic (exact) mass is 209 g/mol. The molecule has 74 valence electrons. The Hall–Kier alpha value is -1.43. The van der Waals surface area contributed by atoms with Crippen LogP contribution < -0.4 is 5.32 Å². The lowest BCUT2D eigenvalue weighted by Crippen LogP contribution is -1.92. The average Bonchev–Trinajstić information content (AvgIpc) is 2.76. The van der Waals surface area contributed by atoms with E-state index >= 15 is 0 Å². The van der Waals surface area contributed by atoms with Gasteiger partial charge in [0.1, 0.15) is 5.51 Å². The molecule has 2 aromatic heterocycles. The van der Waals surface area contributed by atoms with Crippen LogP contribution in [0.3, 0.4) is 0 Å². The minimum atomic E-state index is 0.799. The summed E-state index contributed by atoms with van der Waals surface area (Å²) in [6, 6.07) is 0. The van der Waals surface area contributed by atoms with E-state index in [1.54, 1.807) is 10.2 Å². The van der Waals surface area contributed by atoms with Crippen LogP contribution in [0.5, 0.6) is 0 Å². The van der Waals surface area contributed by atoms with Gasteiger partial charge < -0.3 is 5.32 Å².